The molecule has 5 nitrogen and oxygen atoms in total. The molecule has 3 N–H and O–H groups in total. The lowest BCUT2D eigenvalue weighted by atomic mass is 9.74. The third-order valence-corrected chi connectivity index (χ3v) is 5.63. The largest absolute Gasteiger partial charge is 0.478 e. The van der Waals surface area contributed by atoms with Crippen LogP contribution >= 0.6 is 0 Å². The van der Waals surface area contributed by atoms with Gasteiger partial charge in [0.15, 0.2) is 0 Å². The normalized spacial score (nSPS) is 20.4. The first-order valence-corrected chi connectivity index (χ1v) is 9.30. The molecule has 1 aliphatic rings. The van der Waals surface area contributed by atoms with Gasteiger partial charge in [0.2, 0.25) is 0 Å². The quantitative estimate of drug-likeness (QED) is 0.632. The van der Waals surface area contributed by atoms with E-state index in [1.165, 1.54) is 56.7 Å². The number of rotatable bonds is 8. The van der Waals surface area contributed by atoms with Crippen LogP contribution in [-0.4, -0.2) is 28.7 Å². The second kappa shape index (κ2) is 8.88. The Bertz CT molecular complexity index is 569. The SMILES string of the molecule is CCC(CC)C1CCC(CNc2cc(C(=O)O)cc(C(=O)O)c2)CC1. The number of carboxylic acids is 2. The molecular formula is C20H29NO4. The fourth-order valence-electron chi connectivity index (χ4n) is 4.06. The van der Waals surface area contributed by atoms with Crippen molar-refractivity contribution in [3.8, 4) is 0 Å². The molecule has 1 fully saturated rings. The minimum Gasteiger partial charge on any atom is -0.478 e. The van der Waals surface area contributed by atoms with Gasteiger partial charge in [-0.1, -0.05) is 26.7 Å². The molecule has 0 unspecified atom stereocenters. The zero-order valence-corrected chi connectivity index (χ0v) is 15.1. The number of carboxylic acid groups (broad SMARTS) is 2. The summed E-state index contributed by atoms with van der Waals surface area (Å²) in [6.45, 7) is 5.31. The molecule has 0 aromatic heterocycles. The average molecular weight is 347 g/mol. The van der Waals surface area contributed by atoms with Crippen molar-refractivity contribution in [1.29, 1.82) is 0 Å². The van der Waals surface area contributed by atoms with E-state index in [1.54, 1.807) is 0 Å². The molecule has 2 rings (SSSR count). The van der Waals surface area contributed by atoms with E-state index >= 15 is 0 Å². The van der Waals surface area contributed by atoms with Crippen LogP contribution < -0.4 is 5.32 Å². The van der Waals surface area contributed by atoms with Crippen LogP contribution in [-0.2, 0) is 0 Å². The maximum Gasteiger partial charge on any atom is 0.335 e. The molecule has 0 amide bonds. The summed E-state index contributed by atoms with van der Waals surface area (Å²) in [6, 6.07) is 4.20. The smallest absolute Gasteiger partial charge is 0.335 e. The molecule has 1 aromatic rings. The lowest BCUT2D eigenvalue weighted by molar-refractivity contribution is 0.0696. The van der Waals surface area contributed by atoms with Crippen LogP contribution in [0.2, 0.25) is 0 Å². The first-order valence-electron chi connectivity index (χ1n) is 9.30. The highest BCUT2D eigenvalue weighted by atomic mass is 16.4. The van der Waals surface area contributed by atoms with E-state index in [2.05, 4.69) is 19.2 Å². The fraction of sp³-hybridized carbons (Fsp3) is 0.600. The Kier molecular flexibility index (Phi) is 6.85. The zero-order chi connectivity index (χ0) is 18.4. The van der Waals surface area contributed by atoms with Crippen LogP contribution in [0.3, 0.4) is 0 Å². The molecule has 138 valence electrons. The summed E-state index contributed by atoms with van der Waals surface area (Å²) in [6.07, 6.45) is 7.38. The van der Waals surface area contributed by atoms with E-state index in [0.717, 1.165) is 18.4 Å². The number of anilines is 1. The minimum absolute atomic E-state index is 0.000147. The number of aromatic carboxylic acids is 2. The molecule has 0 heterocycles. The Labute approximate surface area is 149 Å². The van der Waals surface area contributed by atoms with Crippen molar-refractivity contribution in [3.63, 3.8) is 0 Å². The molecule has 0 radical (unpaired) electrons. The summed E-state index contributed by atoms with van der Waals surface area (Å²) >= 11 is 0. The van der Waals surface area contributed by atoms with Crippen molar-refractivity contribution in [2.45, 2.75) is 52.4 Å². The van der Waals surface area contributed by atoms with Gasteiger partial charge in [-0.2, -0.15) is 0 Å². The van der Waals surface area contributed by atoms with Crippen molar-refractivity contribution < 1.29 is 19.8 Å². The predicted octanol–water partition coefficient (Wildman–Crippen LogP) is 4.74. The molecule has 1 aliphatic carbocycles. The highest BCUT2D eigenvalue weighted by Crippen LogP contribution is 2.36. The first kappa shape index (κ1) is 19.3. The summed E-state index contributed by atoms with van der Waals surface area (Å²) in [5.74, 6) is 0.000482. The number of carbonyl (C=O) groups is 2. The highest BCUT2D eigenvalue weighted by molar-refractivity contribution is 5.95. The van der Waals surface area contributed by atoms with Crippen molar-refractivity contribution in [2.75, 3.05) is 11.9 Å². The molecule has 0 bridgehead atoms. The molecule has 1 aromatic carbocycles. The van der Waals surface area contributed by atoms with Gasteiger partial charge in [0.1, 0.15) is 0 Å². The summed E-state index contributed by atoms with van der Waals surface area (Å²) < 4.78 is 0. The average Bonchev–Trinajstić information content (AvgIpc) is 2.61. The van der Waals surface area contributed by atoms with Crippen LogP contribution in [0, 0.1) is 17.8 Å². The Hall–Kier alpha value is -2.04. The summed E-state index contributed by atoms with van der Waals surface area (Å²) in [5, 5.41) is 21.5. The molecule has 25 heavy (non-hydrogen) atoms. The van der Waals surface area contributed by atoms with Crippen LogP contribution in [0.4, 0.5) is 5.69 Å². The van der Waals surface area contributed by atoms with E-state index in [1.807, 2.05) is 0 Å². The lowest BCUT2D eigenvalue weighted by Gasteiger charge is -2.33. The minimum atomic E-state index is -1.11. The van der Waals surface area contributed by atoms with Gasteiger partial charge in [-0.05, 0) is 61.6 Å². The van der Waals surface area contributed by atoms with Crippen LogP contribution in [0.15, 0.2) is 18.2 Å². The Balaban J connectivity index is 1.94. The number of hydrogen-bond acceptors (Lipinski definition) is 3. The third-order valence-electron chi connectivity index (χ3n) is 5.63. The maximum absolute atomic E-state index is 11.2. The molecule has 0 spiro atoms. The van der Waals surface area contributed by atoms with E-state index in [0.29, 0.717) is 11.6 Å². The van der Waals surface area contributed by atoms with E-state index < -0.39 is 11.9 Å². The van der Waals surface area contributed by atoms with Gasteiger partial charge in [-0.15, -0.1) is 0 Å². The van der Waals surface area contributed by atoms with Crippen molar-refractivity contribution in [3.05, 3.63) is 29.3 Å². The van der Waals surface area contributed by atoms with Gasteiger partial charge in [-0.25, -0.2) is 9.59 Å². The third kappa shape index (κ3) is 5.21. The molecule has 0 saturated heterocycles. The molecule has 0 atom stereocenters. The zero-order valence-electron chi connectivity index (χ0n) is 15.1. The monoisotopic (exact) mass is 347 g/mol. The highest BCUT2D eigenvalue weighted by Gasteiger charge is 2.25. The number of nitrogens with one attached hydrogen (secondary N) is 1. The second-order valence-corrected chi connectivity index (χ2v) is 7.15. The van der Waals surface area contributed by atoms with Crippen molar-refractivity contribution >= 4 is 17.6 Å². The Morgan fingerprint density at radius 1 is 1.00 bits per heavy atom. The maximum atomic E-state index is 11.2. The van der Waals surface area contributed by atoms with Crippen LogP contribution in [0.25, 0.3) is 0 Å². The number of benzene rings is 1. The van der Waals surface area contributed by atoms with Gasteiger partial charge in [0, 0.05) is 12.2 Å². The predicted molar refractivity (Wildman–Crippen MR) is 98.4 cm³/mol. The fourth-order valence-corrected chi connectivity index (χ4v) is 4.06. The Morgan fingerprint density at radius 2 is 1.52 bits per heavy atom. The summed E-state index contributed by atoms with van der Waals surface area (Å²) in [4.78, 5) is 22.3. The number of hydrogen-bond donors (Lipinski definition) is 3. The van der Waals surface area contributed by atoms with Crippen LogP contribution in [0.5, 0.6) is 0 Å². The second-order valence-electron chi connectivity index (χ2n) is 7.15. The topological polar surface area (TPSA) is 86.6 Å². The summed E-state index contributed by atoms with van der Waals surface area (Å²) in [5.41, 5.74) is 0.569. The van der Waals surface area contributed by atoms with Gasteiger partial charge in [0.25, 0.3) is 0 Å². The summed E-state index contributed by atoms with van der Waals surface area (Å²) in [7, 11) is 0. The van der Waals surface area contributed by atoms with Gasteiger partial charge in [0.05, 0.1) is 11.1 Å². The van der Waals surface area contributed by atoms with E-state index in [4.69, 9.17) is 10.2 Å². The standard InChI is InChI=1S/C20H29NO4/c1-3-14(4-2)15-7-5-13(6-8-15)12-21-18-10-16(19(22)23)9-17(11-18)20(24)25/h9-11,13-15,21H,3-8,12H2,1-2H3,(H,22,23)(H,24,25). The van der Waals surface area contributed by atoms with Crippen molar-refractivity contribution in [2.24, 2.45) is 17.8 Å². The van der Waals surface area contributed by atoms with Gasteiger partial charge >= 0.3 is 11.9 Å². The molecule has 1 saturated carbocycles. The van der Waals surface area contributed by atoms with Crippen LogP contribution in [0.1, 0.15) is 73.1 Å². The lowest BCUT2D eigenvalue weighted by Crippen LogP contribution is -2.25. The first-order chi connectivity index (χ1) is 11.9. The van der Waals surface area contributed by atoms with Gasteiger partial charge < -0.3 is 15.5 Å². The molecule has 5 heteroatoms. The van der Waals surface area contributed by atoms with Crippen molar-refractivity contribution in [1.82, 2.24) is 0 Å². The van der Waals surface area contributed by atoms with E-state index in [9.17, 15) is 9.59 Å². The molecule has 0 aliphatic heterocycles. The van der Waals surface area contributed by atoms with Gasteiger partial charge in [-0.3, -0.25) is 0 Å². The Morgan fingerprint density at radius 3 is 1.96 bits per heavy atom. The van der Waals surface area contributed by atoms with E-state index in [-0.39, 0.29) is 11.1 Å². The molecular weight excluding hydrogens is 318 g/mol.